The van der Waals surface area contributed by atoms with E-state index < -0.39 is 0 Å². The number of nitrogens with one attached hydrogen (secondary N) is 1. The molecular weight excluding hydrogens is 258 g/mol. The van der Waals surface area contributed by atoms with E-state index in [9.17, 15) is 0 Å². The molecule has 1 aromatic carbocycles. The van der Waals surface area contributed by atoms with E-state index in [1.807, 2.05) is 24.3 Å². The van der Waals surface area contributed by atoms with E-state index in [4.69, 9.17) is 16.0 Å². The molecule has 1 atom stereocenters. The van der Waals surface area contributed by atoms with E-state index in [-0.39, 0.29) is 0 Å². The van der Waals surface area contributed by atoms with Crippen molar-refractivity contribution in [3.63, 3.8) is 0 Å². The van der Waals surface area contributed by atoms with Crippen molar-refractivity contribution in [2.24, 2.45) is 0 Å². The fourth-order valence-corrected chi connectivity index (χ4v) is 2.27. The zero-order valence-electron chi connectivity index (χ0n) is 11.2. The maximum atomic E-state index is 5.94. The summed E-state index contributed by atoms with van der Waals surface area (Å²) in [5.74, 6) is 1.04. The van der Waals surface area contributed by atoms with Gasteiger partial charge in [-0.25, -0.2) is 0 Å². The Bertz CT molecular complexity index is 464. The first kappa shape index (κ1) is 14.2. The van der Waals surface area contributed by atoms with E-state index in [1.165, 1.54) is 5.56 Å². The molecule has 0 radical (unpaired) electrons. The summed E-state index contributed by atoms with van der Waals surface area (Å²) < 4.78 is 5.39. The van der Waals surface area contributed by atoms with Crippen LogP contribution in [-0.2, 0) is 6.42 Å². The molecule has 0 amide bonds. The third-order valence-electron chi connectivity index (χ3n) is 3.17. The smallest absolute Gasteiger partial charge is 0.103 e. The highest BCUT2D eigenvalue weighted by Crippen LogP contribution is 2.21. The van der Waals surface area contributed by atoms with Crippen molar-refractivity contribution < 1.29 is 4.42 Å². The number of hydrogen-bond acceptors (Lipinski definition) is 2. The second-order valence-electron chi connectivity index (χ2n) is 4.68. The average Bonchev–Trinajstić information content (AvgIpc) is 2.93. The van der Waals surface area contributed by atoms with Crippen LogP contribution in [0.3, 0.4) is 0 Å². The van der Waals surface area contributed by atoms with Crippen molar-refractivity contribution >= 4 is 11.6 Å². The molecular formula is C16H20ClNO. The lowest BCUT2D eigenvalue weighted by atomic mass is 10.0. The van der Waals surface area contributed by atoms with Crippen LogP contribution in [-0.4, -0.2) is 6.54 Å². The molecule has 0 fully saturated rings. The van der Waals surface area contributed by atoms with E-state index in [0.717, 1.165) is 36.6 Å². The van der Waals surface area contributed by atoms with E-state index in [1.54, 1.807) is 6.26 Å². The monoisotopic (exact) mass is 277 g/mol. The minimum absolute atomic E-state index is 0.349. The van der Waals surface area contributed by atoms with Gasteiger partial charge in [-0.1, -0.05) is 30.7 Å². The van der Waals surface area contributed by atoms with Gasteiger partial charge in [-0.05, 0) is 49.2 Å². The number of furan rings is 1. The zero-order chi connectivity index (χ0) is 13.5. The highest BCUT2D eigenvalue weighted by molar-refractivity contribution is 6.30. The first-order valence-electron chi connectivity index (χ1n) is 6.81. The predicted molar refractivity (Wildman–Crippen MR) is 79.5 cm³/mol. The Hall–Kier alpha value is -1.25. The van der Waals surface area contributed by atoms with Gasteiger partial charge in [0.2, 0.25) is 0 Å². The van der Waals surface area contributed by atoms with E-state index in [2.05, 4.69) is 24.4 Å². The summed E-state index contributed by atoms with van der Waals surface area (Å²) in [4.78, 5) is 0. The molecule has 0 aliphatic carbocycles. The molecule has 0 aliphatic rings. The number of hydrogen-bond donors (Lipinski definition) is 1. The van der Waals surface area contributed by atoms with Crippen molar-refractivity contribution in [2.45, 2.75) is 32.2 Å². The molecule has 0 saturated heterocycles. The molecule has 2 rings (SSSR count). The van der Waals surface area contributed by atoms with Gasteiger partial charge < -0.3 is 9.73 Å². The van der Waals surface area contributed by atoms with Crippen LogP contribution in [0.25, 0.3) is 0 Å². The topological polar surface area (TPSA) is 25.2 Å². The lowest BCUT2D eigenvalue weighted by molar-refractivity contribution is 0.452. The Kier molecular flexibility index (Phi) is 5.49. The van der Waals surface area contributed by atoms with Crippen LogP contribution in [0.15, 0.2) is 47.1 Å². The maximum absolute atomic E-state index is 5.94. The molecule has 0 saturated carbocycles. The van der Waals surface area contributed by atoms with Crippen molar-refractivity contribution in [1.29, 1.82) is 0 Å². The number of halogens is 1. The standard InChI is InChI=1S/C16H20ClNO/c1-2-11-18-16(10-9-15-4-3-12-19-15)13-5-7-14(17)8-6-13/h3-8,12,16,18H,2,9-11H2,1H3. The van der Waals surface area contributed by atoms with Crippen LogP contribution >= 0.6 is 11.6 Å². The Morgan fingerprint density at radius 3 is 2.63 bits per heavy atom. The van der Waals surface area contributed by atoms with Crippen LogP contribution < -0.4 is 5.32 Å². The van der Waals surface area contributed by atoms with Crippen molar-refractivity contribution in [2.75, 3.05) is 6.54 Å². The van der Waals surface area contributed by atoms with Gasteiger partial charge in [0, 0.05) is 17.5 Å². The molecule has 1 N–H and O–H groups in total. The van der Waals surface area contributed by atoms with Crippen LogP contribution in [0.2, 0.25) is 5.02 Å². The average molecular weight is 278 g/mol. The van der Waals surface area contributed by atoms with E-state index >= 15 is 0 Å². The number of rotatable bonds is 7. The summed E-state index contributed by atoms with van der Waals surface area (Å²) in [7, 11) is 0. The third kappa shape index (κ3) is 4.41. The molecule has 0 aliphatic heterocycles. The predicted octanol–water partition coefficient (Wildman–Crippen LogP) is 4.61. The summed E-state index contributed by atoms with van der Waals surface area (Å²) in [5.41, 5.74) is 1.28. The molecule has 19 heavy (non-hydrogen) atoms. The van der Waals surface area contributed by atoms with Crippen LogP contribution in [0, 0.1) is 0 Å². The highest BCUT2D eigenvalue weighted by Gasteiger charge is 2.11. The molecule has 1 heterocycles. The number of benzene rings is 1. The summed E-state index contributed by atoms with van der Waals surface area (Å²) in [6.45, 7) is 3.20. The summed E-state index contributed by atoms with van der Waals surface area (Å²) in [5, 5.41) is 4.36. The third-order valence-corrected chi connectivity index (χ3v) is 3.42. The van der Waals surface area contributed by atoms with Gasteiger partial charge in [-0.3, -0.25) is 0 Å². The molecule has 0 spiro atoms. The highest BCUT2D eigenvalue weighted by atomic mass is 35.5. The Balaban J connectivity index is 2.00. The second-order valence-corrected chi connectivity index (χ2v) is 5.11. The molecule has 2 aromatic rings. The first-order valence-corrected chi connectivity index (χ1v) is 7.18. The summed E-state index contributed by atoms with van der Waals surface area (Å²) >= 11 is 5.94. The van der Waals surface area contributed by atoms with Gasteiger partial charge in [0.1, 0.15) is 5.76 Å². The Labute approximate surface area is 119 Å². The lowest BCUT2D eigenvalue weighted by Gasteiger charge is -2.18. The van der Waals surface area contributed by atoms with Gasteiger partial charge >= 0.3 is 0 Å². The minimum atomic E-state index is 0.349. The quantitative estimate of drug-likeness (QED) is 0.800. The van der Waals surface area contributed by atoms with Crippen molar-refractivity contribution in [3.05, 3.63) is 59.0 Å². The molecule has 102 valence electrons. The van der Waals surface area contributed by atoms with Crippen molar-refractivity contribution in [1.82, 2.24) is 5.32 Å². The molecule has 0 bridgehead atoms. The van der Waals surface area contributed by atoms with Crippen LogP contribution in [0.5, 0.6) is 0 Å². The van der Waals surface area contributed by atoms with Gasteiger partial charge in [0.05, 0.1) is 6.26 Å². The first-order chi connectivity index (χ1) is 9.29. The van der Waals surface area contributed by atoms with Gasteiger partial charge in [0.25, 0.3) is 0 Å². The molecule has 3 heteroatoms. The fourth-order valence-electron chi connectivity index (χ4n) is 2.14. The van der Waals surface area contributed by atoms with Gasteiger partial charge in [-0.2, -0.15) is 0 Å². The summed E-state index contributed by atoms with van der Waals surface area (Å²) in [6, 6.07) is 12.4. The second kappa shape index (κ2) is 7.37. The van der Waals surface area contributed by atoms with Crippen LogP contribution in [0.4, 0.5) is 0 Å². The molecule has 2 nitrogen and oxygen atoms in total. The molecule has 1 aromatic heterocycles. The van der Waals surface area contributed by atoms with Gasteiger partial charge in [0.15, 0.2) is 0 Å². The van der Waals surface area contributed by atoms with Crippen LogP contribution in [0.1, 0.15) is 37.1 Å². The Morgan fingerprint density at radius 1 is 1.21 bits per heavy atom. The Morgan fingerprint density at radius 2 is 2.00 bits per heavy atom. The number of aryl methyl sites for hydroxylation is 1. The van der Waals surface area contributed by atoms with E-state index in [0.29, 0.717) is 6.04 Å². The normalized spacial score (nSPS) is 12.5. The van der Waals surface area contributed by atoms with Gasteiger partial charge in [-0.15, -0.1) is 0 Å². The largest absolute Gasteiger partial charge is 0.469 e. The molecule has 1 unspecified atom stereocenters. The maximum Gasteiger partial charge on any atom is 0.103 e. The lowest BCUT2D eigenvalue weighted by Crippen LogP contribution is -2.22. The summed E-state index contributed by atoms with van der Waals surface area (Å²) in [6.07, 6.45) is 4.82. The van der Waals surface area contributed by atoms with Crippen molar-refractivity contribution in [3.8, 4) is 0 Å². The zero-order valence-corrected chi connectivity index (χ0v) is 12.0. The fraction of sp³-hybridized carbons (Fsp3) is 0.375. The SMILES string of the molecule is CCCNC(CCc1ccco1)c1ccc(Cl)cc1. The minimum Gasteiger partial charge on any atom is -0.469 e.